The van der Waals surface area contributed by atoms with E-state index in [1.54, 1.807) is 14.2 Å². The topological polar surface area (TPSA) is 85.3 Å². The van der Waals surface area contributed by atoms with Crippen molar-refractivity contribution in [1.29, 1.82) is 0 Å². The third-order valence-corrected chi connectivity index (χ3v) is 10.2. The highest BCUT2D eigenvalue weighted by molar-refractivity contribution is 6.31. The minimum atomic E-state index is -0.504. The van der Waals surface area contributed by atoms with Crippen LogP contribution in [0, 0.1) is 0 Å². The SMILES string of the molecule is COc1cc(OC)c2c(OC(C)=O)c1C(c1ccccc1)=C1C=CC(=N1)C(c1ccccc1)=c1ccc([nH]1)=C(c1ccccc1)C1=NC(=C2c2ccccc2)C=C1. The number of carbonyl (C=O) groups excluding carboxylic acids is 1. The maximum atomic E-state index is 13.4. The van der Waals surface area contributed by atoms with E-state index in [4.69, 9.17) is 24.2 Å². The Hall–Kier alpha value is -7.51. The molecule has 0 unspecified atom stereocenters. The molecular formula is C50H37N3O4. The Labute approximate surface area is 330 Å². The highest BCUT2D eigenvalue weighted by atomic mass is 16.5. The molecule has 0 aliphatic carbocycles. The summed E-state index contributed by atoms with van der Waals surface area (Å²) in [4.78, 5) is 27.9. The zero-order chi connectivity index (χ0) is 38.9. The van der Waals surface area contributed by atoms with Gasteiger partial charge in [-0.2, -0.15) is 0 Å². The van der Waals surface area contributed by atoms with Crippen LogP contribution < -0.4 is 24.9 Å². The van der Waals surface area contributed by atoms with E-state index in [-0.39, 0.29) is 5.75 Å². The number of esters is 1. The lowest BCUT2D eigenvalue weighted by Gasteiger charge is -2.24. The Morgan fingerprint density at radius 1 is 0.491 bits per heavy atom. The van der Waals surface area contributed by atoms with Crippen molar-refractivity contribution in [3.05, 3.63) is 219 Å². The lowest BCUT2D eigenvalue weighted by molar-refractivity contribution is -0.131. The third kappa shape index (κ3) is 6.45. The molecule has 9 rings (SSSR count). The molecule has 7 heteroatoms. The van der Waals surface area contributed by atoms with Gasteiger partial charge in [-0.1, -0.05) is 121 Å². The summed E-state index contributed by atoms with van der Waals surface area (Å²) in [5.41, 5.74) is 10.9. The molecule has 8 bridgehead atoms. The lowest BCUT2D eigenvalue weighted by atomic mass is 9.87. The molecule has 276 valence electrons. The van der Waals surface area contributed by atoms with Crippen LogP contribution in [0.1, 0.15) is 40.3 Å². The van der Waals surface area contributed by atoms with Crippen molar-refractivity contribution >= 4 is 39.7 Å². The number of aliphatic imine (C=N–C) groups is 2. The summed E-state index contributed by atoms with van der Waals surface area (Å²) in [6.07, 6.45) is 8.10. The molecule has 5 aromatic carbocycles. The Morgan fingerprint density at radius 3 is 1.21 bits per heavy atom. The number of carbonyl (C=O) groups is 1. The molecule has 0 atom stereocenters. The molecule has 0 radical (unpaired) electrons. The third-order valence-electron chi connectivity index (χ3n) is 10.2. The van der Waals surface area contributed by atoms with E-state index in [0.717, 1.165) is 55.5 Å². The van der Waals surface area contributed by atoms with Crippen molar-refractivity contribution in [1.82, 2.24) is 4.98 Å². The number of aromatic amines is 1. The van der Waals surface area contributed by atoms with Crippen molar-refractivity contribution in [2.75, 3.05) is 14.2 Å². The Balaban J connectivity index is 1.53. The number of hydrogen-bond donors (Lipinski definition) is 1. The Bertz CT molecular complexity index is 2690. The molecule has 1 aromatic heterocycles. The smallest absolute Gasteiger partial charge is 0.308 e. The van der Waals surface area contributed by atoms with Gasteiger partial charge >= 0.3 is 5.97 Å². The van der Waals surface area contributed by atoms with Crippen LogP contribution in [0.4, 0.5) is 0 Å². The molecule has 1 N–H and O–H groups in total. The fourth-order valence-corrected chi connectivity index (χ4v) is 7.76. The van der Waals surface area contributed by atoms with E-state index < -0.39 is 5.97 Å². The number of nitrogens with zero attached hydrogens (tertiary/aromatic N) is 2. The molecule has 57 heavy (non-hydrogen) atoms. The normalized spacial score (nSPS) is 14.5. The van der Waals surface area contributed by atoms with Crippen LogP contribution in [-0.4, -0.2) is 36.6 Å². The van der Waals surface area contributed by atoms with Crippen LogP contribution in [0.3, 0.4) is 0 Å². The summed E-state index contributed by atoms with van der Waals surface area (Å²) in [5, 5.41) is 1.80. The predicted octanol–water partition coefficient (Wildman–Crippen LogP) is 8.61. The van der Waals surface area contributed by atoms with Crippen LogP contribution in [-0.2, 0) is 4.79 Å². The van der Waals surface area contributed by atoms with E-state index in [1.165, 1.54) is 6.92 Å². The molecular weight excluding hydrogens is 707 g/mol. The van der Waals surface area contributed by atoms with E-state index >= 15 is 0 Å². The van der Waals surface area contributed by atoms with Crippen molar-refractivity contribution in [2.24, 2.45) is 9.98 Å². The van der Waals surface area contributed by atoms with Gasteiger partial charge in [0, 0.05) is 46.0 Å². The fraction of sp³-hybridized carbons (Fsp3) is 0.0600. The van der Waals surface area contributed by atoms with Crippen LogP contribution in [0.15, 0.2) is 185 Å². The summed E-state index contributed by atoms with van der Waals surface area (Å²) in [7, 11) is 3.21. The minimum absolute atomic E-state index is 0.268. The maximum absolute atomic E-state index is 13.4. The van der Waals surface area contributed by atoms with E-state index in [9.17, 15) is 4.79 Å². The molecule has 0 saturated carbocycles. The van der Waals surface area contributed by atoms with E-state index in [2.05, 4.69) is 41.4 Å². The van der Waals surface area contributed by atoms with Crippen molar-refractivity contribution in [3.8, 4) is 17.2 Å². The number of rotatable bonds is 7. The van der Waals surface area contributed by atoms with Gasteiger partial charge in [-0.25, -0.2) is 9.98 Å². The van der Waals surface area contributed by atoms with Crippen LogP contribution in [0.2, 0.25) is 0 Å². The molecule has 4 heterocycles. The summed E-state index contributed by atoms with van der Waals surface area (Å²) in [6.45, 7) is 1.40. The van der Waals surface area contributed by atoms with Crippen LogP contribution in [0.5, 0.6) is 17.2 Å². The van der Waals surface area contributed by atoms with Gasteiger partial charge in [0.15, 0.2) is 5.75 Å². The minimum Gasteiger partial charge on any atom is -0.496 e. The average Bonchev–Trinajstić information content (AvgIpc) is 4.04. The molecule has 6 aromatic rings. The number of H-pyrrole nitrogens is 1. The number of benzene rings is 5. The summed E-state index contributed by atoms with van der Waals surface area (Å²) in [5.74, 6) is 0.654. The van der Waals surface area contributed by atoms with Gasteiger partial charge in [0.05, 0.1) is 48.2 Å². The van der Waals surface area contributed by atoms with E-state index in [1.807, 2.05) is 127 Å². The average molecular weight is 744 g/mol. The number of hydrogen-bond acceptors (Lipinski definition) is 6. The first-order chi connectivity index (χ1) is 28.0. The second kappa shape index (κ2) is 15.0. The van der Waals surface area contributed by atoms with Gasteiger partial charge in [0.1, 0.15) is 11.5 Å². The van der Waals surface area contributed by atoms with Gasteiger partial charge in [-0.3, -0.25) is 4.79 Å². The van der Waals surface area contributed by atoms with Crippen molar-refractivity contribution < 1.29 is 19.0 Å². The van der Waals surface area contributed by atoms with E-state index in [0.29, 0.717) is 45.2 Å². The fourth-order valence-electron chi connectivity index (χ4n) is 7.76. The Kier molecular flexibility index (Phi) is 9.24. The zero-order valence-corrected chi connectivity index (χ0v) is 31.6. The first-order valence-corrected chi connectivity index (χ1v) is 18.7. The molecule has 3 aliphatic heterocycles. The first-order valence-electron chi connectivity index (χ1n) is 18.7. The van der Waals surface area contributed by atoms with Gasteiger partial charge < -0.3 is 19.2 Å². The van der Waals surface area contributed by atoms with Crippen LogP contribution >= 0.6 is 0 Å². The van der Waals surface area contributed by atoms with Crippen molar-refractivity contribution in [3.63, 3.8) is 0 Å². The number of ether oxygens (including phenoxy) is 3. The molecule has 0 spiro atoms. The second-order valence-electron chi connectivity index (χ2n) is 13.6. The highest BCUT2D eigenvalue weighted by Gasteiger charge is 2.32. The second-order valence-corrected chi connectivity index (χ2v) is 13.6. The molecule has 3 aliphatic rings. The number of allylic oxidation sites excluding steroid dienone is 4. The van der Waals surface area contributed by atoms with Crippen LogP contribution in [0.25, 0.3) is 22.3 Å². The summed E-state index contributed by atoms with van der Waals surface area (Å²) < 4.78 is 18.8. The maximum Gasteiger partial charge on any atom is 0.308 e. The molecule has 0 amide bonds. The summed E-state index contributed by atoms with van der Waals surface area (Å²) in [6, 6.07) is 46.5. The molecule has 7 nitrogen and oxygen atoms in total. The standard InChI is InChI=1S/C50H37N3O4/c1-31(54)57-50-48-42(55-2)30-43(56-3)49(50)47(35-22-14-7-15-23-35)41-29-27-39(53-41)45(33-18-10-5-11-19-33)37-25-24-36(51-37)44(32-16-8-4-9-17-32)38-26-28-40(52-38)46(48)34-20-12-6-13-21-34/h4-30,51H,1-3H3. The van der Waals surface area contributed by atoms with Gasteiger partial charge in [-0.05, 0) is 58.7 Å². The first kappa shape index (κ1) is 35.2. The summed E-state index contributed by atoms with van der Waals surface area (Å²) >= 11 is 0. The number of methoxy groups -OCH3 is 2. The van der Waals surface area contributed by atoms with Gasteiger partial charge in [-0.15, -0.1) is 0 Å². The molecule has 0 fully saturated rings. The Morgan fingerprint density at radius 2 is 0.860 bits per heavy atom. The van der Waals surface area contributed by atoms with Gasteiger partial charge in [0.2, 0.25) is 0 Å². The monoisotopic (exact) mass is 743 g/mol. The number of aromatic nitrogens is 1. The quantitative estimate of drug-likeness (QED) is 0.131. The molecule has 0 saturated heterocycles. The largest absolute Gasteiger partial charge is 0.496 e. The van der Waals surface area contributed by atoms with Gasteiger partial charge in [0.25, 0.3) is 0 Å². The zero-order valence-electron chi connectivity index (χ0n) is 31.6. The number of fused-ring (bicyclic) bond motifs is 6. The lowest BCUT2D eigenvalue weighted by Crippen LogP contribution is -2.21. The predicted molar refractivity (Wildman–Crippen MR) is 227 cm³/mol. The highest BCUT2D eigenvalue weighted by Crippen LogP contribution is 2.51. The van der Waals surface area contributed by atoms with Crippen molar-refractivity contribution in [2.45, 2.75) is 6.92 Å². The number of nitrogens with one attached hydrogen (secondary N) is 1.